The highest BCUT2D eigenvalue weighted by atomic mass is 79.9. The van der Waals surface area contributed by atoms with Crippen molar-refractivity contribution in [2.24, 2.45) is 0 Å². The van der Waals surface area contributed by atoms with Crippen molar-refractivity contribution in [3.63, 3.8) is 0 Å². The number of aromatic nitrogens is 2. The molecule has 0 bridgehead atoms. The number of benzene rings is 1. The Bertz CT molecular complexity index is 617. The Hall–Kier alpha value is -1.88. The van der Waals surface area contributed by atoms with Crippen LogP contribution in [0.3, 0.4) is 0 Å². The molecule has 0 aliphatic carbocycles. The average Bonchev–Trinajstić information content (AvgIpc) is 2.73. The third-order valence-corrected chi connectivity index (χ3v) is 2.85. The first kappa shape index (κ1) is 12.6. The highest BCUT2D eigenvalue weighted by Crippen LogP contribution is 2.21. The van der Waals surface area contributed by atoms with Gasteiger partial charge in [0.1, 0.15) is 0 Å². The van der Waals surface area contributed by atoms with E-state index in [9.17, 15) is 4.79 Å². The molecular formula is C13H11BrN2O2. The summed E-state index contributed by atoms with van der Waals surface area (Å²) in [6.07, 6.45) is 6.31. The summed E-state index contributed by atoms with van der Waals surface area (Å²) in [5, 5.41) is 12.9. The molecule has 4 nitrogen and oxygen atoms in total. The van der Waals surface area contributed by atoms with Gasteiger partial charge in [-0.3, -0.25) is 0 Å². The Kier molecular flexibility index (Phi) is 3.62. The number of halogens is 1. The largest absolute Gasteiger partial charge is 0.478 e. The van der Waals surface area contributed by atoms with Gasteiger partial charge in [0.05, 0.1) is 11.9 Å². The lowest BCUT2D eigenvalue weighted by Crippen LogP contribution is -1.97. The standard InChI is InChI=1S/C13H11BrN2O2/c1-9-7-15-16(8-9)12-4-3-11(14)6-10(12)2-5-13(17)18/h2-8H,1H3,(H,17,18)/b5-2+. The van der Waals surface area contributed by atoms with Crippen LogP contribution < -0.4 is 0 Å². The summed E-state index contributed by atoms with van der Waals surface area (Å²) in [6.45, 7) is 1.95. The van der Waals surface area contributed by atoms with E-state index in [-0.39, 0.29) is 0 Å². The normalized spacial score (nSPS) is 11.0. The molecule has 2 rings (SSSR count). The molecule has 1 heterocycles. The number of carboxylic acid groups (broad SMARTS) is 1. The van der Waals surface area contributed by atoms with Crippen molar-refractivity contribution < 1.29 is 9.90 Å². The molecule has 0 amide bonds. The van der Waals surface area contributed by atoms with Gasteiger partial charge in [-0.25, -0.2) is 9.48 Å². The van der Waals surface area contributed by atoms with Crippen LogP contribution in [0.2, 0.25) is 0 Å². The van der Waals surface area contributed by atoms with Crippen LogP contribution in [0.5, 0.6) is 0 Å². The molecule has 0 unspecified atom stereocenters. The van der Waals surface area contributed by atoms with Crippen molar-refractivity contribution in [1.29, 1.82) is 0 Å². The Balaban J connectivity index is 2.50. The van der Waals surface area contributed by atoms with E-state index < -0.39 is 5.97 Å². The van der Waals surface area contributed by atoms with Gasteiger partial charge < -0.3 is 5.11 Å². The third kappa shape index (κ3) is 2.87. The van der Waals surface area contributed by atoms with E-state index >= 15 is 0 Å². The van der Waals surface area contributed by atoms with Crippen LogP contribution in [0.15, 0.2) is 41.1 Å². The second kappa shape index (κ2) is 5.18. The van der Waals surface area contributed by atoms with Gasteiger partial charge in [0.25, 0.3) is 0 Å². The van der Waals surface area contributed by atoms with Crippen molar-refractivity contribution in [3.8, 4) is 5.69 Å². The third-order valence-electron chi connectivity index (χ3n) is 2.35. The minimum absolute atomic E-state index is 0.787. The van der Waals surface area contributed by atoms with E-state index in [2.05, 4.69) is 21.0 Å². The van der Waals surface area contributed by atoms with E-state index in [1.807, 2.05) is 31.3 Å². The lowest BCUT2D eigenvalue weighted by Gasteiger charge is -2.06. The number of rotatable bonds is 3. The molecule has 0 aliphatic heterocycles. The molecule has 0 spiro atoms. The molecule has 1 aromatic carbocycles. The average molecular weight is 307 g/mol. The van der Waals surface area contributed by atoms with E-state index in [1.165, 1.54) is 0 Å². The second-order valence-corrected chi connectivity index (χ2v) is 4.75. The minimum atomic E-state index is -0.974. The fourth-order valence-corrected chi connectivity index (χ4v) is 1.95. The molecule has 0 saturated carbocycles. The topological polar surface area (TPSA) is 55.1 Å². The van der Waals surface area contributed by atoms with Gasteiger partial charge in [-0.2, -0.15) is 5.10 Å². The SMILES string of the molecule is Cc1cnn(-c2ccc(Br)cc2/C=C/C(=O)O)c1. The molecular weight excluding hydrogens is 296 g/mol. The molecule has 0 radical (unpaired) electrons. The van der Waals surface area contributed by atoms with Crippen LogP contribution in [0.4, 0.5) is 0 Å². The molecule has 1 N–H and O–H groups in total. The number of aryl methyl sites for hydroxylation is 1. The van der Waals surface area contributed by atoms with Crippen LogP contribution >= 0.6 is 15.9 Å². The van der Waals surface area contributed by atoms with E-state index in [0.29, 0.717) is 0 Å². The zero-order chi connectivity index (χ0) is 13.1. The number of nitrogens with zero attached hydrogens (tertiary/aromatic N) is 2. The summed E-state index contributed by atoms with van der Waals surface area (Å²) in [6, 6.07) is 5.63. The van der Waals surface area contributed by atoms with Crippen molar-refractivity contribution >= 4 is 28.0 Å². The number of carbonyl (C=O) groups is 1. The Morgan fingerprint density at radius 3 is 2.89 bits per heavy atom. The van der Waals surface area contributed by atoms with Crippen LogP contribution in [0.1, 0.15) is 11.1 Å². The Morgan fingerprint density at radius 1 is 1.50 bits per heavy atom. The maximum Gasteiger partial charge on any atom is 0.328 e. The maximum absolute atomic E-state index is 10.6. The predicted molar refractivity (Wildman–Crippen MR) is 72.7 cm³/mol. The van der Waals surface area contributed by atoms with Gasteiger partial charge in [-0.1, -0.05) is 15.9 Å². The molecule has 0 fully saturated rings. The van der Waals surface area contributed by atoms with Crippen molar-refractivity contribution in [1.82, 2.24) is 9.78 Å². The van der Waals surface area contributed by atoms with Gasteiger partial charge in [-0.15, -0.1) is 0 Å². The van der Waals surface area contributed by atoms with Crippen LogP contribution in [-0.4, -0.2) is 20.9 Å². The lowest BCUT2D eigenvalue weighted by molar-refractivity contribution is -0.131. The number of hydrogen-bond acceptors (Lipinski definition) is 2. The number of carboxylic acids is 1. The number of aliphatic carboxylic acids is 1. The smallest absolute Gasteiger partial charge is 0.328 e. The summed E-state index contributed by atoms with van der Waals surface area (Å²) in [5.41, 5.74) is 2.67. The fraction of sp³-hybridized carbons (Fsp3) is 0.0769. The molecule has 5 heteroatoms. The van der Waals surface area contributed by atoms with Crippen LogP contribution in [-0.2, 0) is 4.79 Å². The summed E-state index contributed by atoms with van der Waals surface area (Å²) in [4.78, 5) is 10.6. The predicted octanol–water partition coefficient (Wildman–Crippen LogP) is 3.04. The highest BCUT2D eigenvalue weighted by molar-refractivity contribution is 9.10. The maximum atomic E-state index is 10.6. The van der Waals surface area contributed by atoms with Crippen molar-refractivity contribution in [2.75, 3.05) is 0 Å². The van der Waals surface area contributed by atoms with Crippen LogP contribution in [0.25, 0.3) is 11.8 Å². The molecule has 2 aromatic rings. The van der Waals surface area contributed by atoms with Gasteiger partial charge in [0, 0.05) is 22.3 Å². The molecule has 0 saturated heterocycles. The fourth-order valence-electron chi connectivity index (χ4n) is 1.57. The van der Waals surface area contributed by atoms with Gasteiger partial charge >= 0.3 is 5.97 Å². The second-order valence-electron chi connectivity index (χ2n) is 3.84. The first-order chi connectivity index (χ1) is 8.56. The van der Waals surface area contributed by atoms with Gasteiger partial charge in [0.15, 0.2) is 0 Å². The lowest BCUT2D eigenvalue weighted by atomic mass is 10.1. The summed E-state index contributed by atoms with van der Waals surface area (Å²) in [5.74, 6) is -0.974. The quantitative estimate of drug-likeness (QED) is 0.887. The molecule has 92 valence electrons. The summed E-state index contributed by atoms with van der Waals surface area (Å²) >= 11 is 3.37. The van der Waals surface area contributed by atoms with E-state index in [0.717, 1.165) is 27.4 Å². The van der Waals surface area contributed by atoms with E-state index in [1.54, 1.807) is 17.0 Å². The van der Waals surface area contributed by atoms with Crippen molar-refractivity contribution in [3.05, 3.63) is 52.3 Å². The summed E-state index contributed by atoms with van der Waals surface area (Å²) < 4.78 is 2.61. The molecule has 1 aromatic heterocycles. The molecule has 18 heavy (non-hydrogen) atoms. The van der Waals surface area contributed by atoms with Crippen molar-refractivity contribution in [2.45, 2.75) is 6.92 Å². The first-order valence-corrected chi connectivity index (χ1v) is 6.08. The van der Waals surface area contributed by atoms with E-state index in [4.69, 9.17) is 5.11 Å². The minimum Gasteiger partial charge on any atom is -0.478 e. The molecule has 0 aliphatic rings. The van der Waals surface area contributed by atoms with Gasteiger partial charge in [-0.05, 0) is 36.8 Å². The zero-order valence-corrected chi connectivity index (χ0v) is 11.3. The van der Waals surface area contributed by atoms with Crippen LogP contribution in [0, 0.1) is 6.92 Å². The summed E-state index contributed by atoms with van der Waals surface area (Å²) in [7, 11) is 0. The molecule has 0 atom stereocenters. The first-order valence-electron chi connectivity index (χ1n) is 5.28. The zero-order valence-electron chi connectivity index (χ0n) is 9.67. The number of hydrogen-bond donors (Lipinski definition) is 1. The Labute approximate surface area is 113 Å². The Morgan fingerprint density at radius 2 is 2.28 bits per heavy atom. The monoisotopic (exact) mass is 306 g/mol. The van der Waals surface area contributed by atoms with Gasteiger partial charge in [0.2, 0.25) is 0 Å². The highest BCUT2D eigenvalue weighted by Gasteiger charge is 2.04.